The number of rotatable bonds is 4. The normalized spacial score (nSPS) is 15.5. The molecule has 2 rings (SSSR count). The summed E-state index contributed by atoms with van der Waals surface area (Å²) < 4.78 is 6.35. The summed E-state index contributed by atoms with van der Waals surface area (Å²) in [4.78, 5) is 23.1. The summed E-state index contributed by atoms with van der Waals surface area (Å²) in [6.45, 7) is 1.62. The molecule has 1 saturated carbocycles. The van der Waals surface area contributed by atoms with Crippen LogP contribution in [0.1, 0.15) is 19.8 Å². The van der Waals surface area contributed by atoms with Gasteiger partial charge in [-0.3, -0.25) is 20.4 Å². The van der Waals surface area contributed by atoms with Gasteiger partial charge in [0, 0.05) is 10.4 Å². The van der Waals surface area contributed by atoms with Crippen LogP contribution < -0.4 is 15.6 Å². The van der Waals surface area contributed by atoms with Crippen LogP contribution in [0, 0.1) is 5.92 Å². The van der Waals surface area contributed by atoms with E-state index in [0.29, 0.717) is 5.75 Å². The SMILES string of the molecule is C[C@@H](Oc1cccc(Br)c1)C(=O)NNC(=O)C1CC1. The minimum Gasteiger partial charge on any atom is -0.481 e. The van der Waals surface area contributed by atoms with Crippen LogP contribution in [0.5, 0.6) is 5.75 Å². The number of amides is 2. The summed E-state index contributed by atoms with van der Waals surface area (Å²) in [5.41, 5.74) is 4.76. The van der Waals surface area contributed by atoms with Crippen molar-refractivity contribution >= 4 is 27.7 Å². The Bertz CT molecular complexity index is 489. The summed E-state index contributed by atoms with van der Waals surface area (Å²) in [6, 6.07) is 7.22. The van der Waals surface area contributed by atoms with Crippen molar-refractivity contribution in [1.29, 1.82) is 0 Å². The van der Waals surface area contributed by atoms with Crippen LogP contribution in [-0.4, -0.2) is 17.9 Å². The summed E-state index contributed by atoms with van der Waals surface area (Å²) in [5.74, 6) is 0.129. The first kappa shape index (κ1) is 13.9. The van der Waals surface area contributed by atoms with Crippen LogP contribution in [0.4, 0.5) is 0 Å². The highest BCUT2D eigenvalue weighted by Gasteiger charge is 2.30. The zero-order valence-corrected chi connectivity index (χ0v) is 12.1. The van der Waals surface area contributed by atoms with Gasteiger partial charge in [-0.2, -0.15) is 0 Å². The number of nitrogens with one attached hydrogen (secondary N) is 2. The third-order valence-electron chi connectivity index (χ3n) is 2.74. The van der Waals surface area contributed by atoms with E-state index in [1.165, 1.54) is 0 Å². The number of ether oxygens (including phenoxy) is 1. The number of hydrogen-bond donors (Lipinski definition) is 2. The lowest BCUT2D eigenvalue weighted by Gasteiger charge is -2.15. The molecule has 5 nitrogen and oxygen atoms in total. The Morgan fingerprint density at radius 2 is 2.11 bits per heavy atom. The van der Waals surface area contributed by atoms with E-state index in [1.807, 2.05) is 12.1 Å². The average molecular weight is 327 g/mol. The van der Waals surface area contributed by atoms with E-state index >= 15 is 0 Å². The van der Waals surface area contributed by atoms with Gasteiger partial charge in [-0.1, -0.05) is 22.0 Å². The molecule has 1 aromatic carbocycles. The third kappa shape index (κ3) is 4.24. The zero-order valence-electron chi connectivity index (χ0n) is 10.5. The van der Waals surface area contributed by atoms with Crippen LogP contribution in [-0.2, 0) is 9.59 Å². The van der Waals surface area contributed by atoms with E-state index in [1.54, 1.807) is 19.1 Å². The molecule has 0 aromatic heterocycles. The Hall–Kier alpha value is -1.56. The van der Waals surface area contributed by atoms with Crippen molar-refractivity contribution in [2.45, 2.75) is 25.9 Å². The summed E-state index contributed by atoms with van der Waals surface area (Å²) in [6.07, 6.45) is 1.10. The predicted octanol–water partition coefficient (Wildman–Crippen LogP) is 1.77. The molecular formula is C13H15BrN2O3. The second-order valence-electron chi connectivity index (χ2n) is 4.47. The van der Waals surface area contributed by atoms with Gasteiger partial charge in [0.1, 0.15) is 5.75 Å². The van der Waals surface area contributed by atoms with Crippen molar-refractivity contribution in [3.63, 3.8) is 0 Å². The van der Waals surface area contributed by atoms with Gasteiger partial charge >= 0.3 is 0 Å². The van der Waals surface area contributed by atoms with Crippen molar-refractivity contribution in [3.05, 3.63) is 28.7 Å². The lowest BCUT2D eigenvalue weighted by molar-refractivity contribution is -0.133. The van der Waals surface area contributed by atoms with Gasteiger partial charge in [-0.25, -0.2) is 0 Å². The van der Waals surface area contributed by atoms with Gasteiger partial charge in [0.25, 0.3) is 5.91 Å². The molecule has 0 heterocycles. The van der Waals surface area contributed by atoms with Gasteiger partial charge in [-0.15, -0.1) is 0 Å². The molecule has 0 aliphatic heterocycles. The Kier molecular flexibility index (Phi) is 4.42. The summed E-state index contributed by atoms with van der Waals surface area (Å²) in [7, 11) is 0. The number of halogens is 1. The Morgan fingerprint density at radius 1 is 1.37 bits per heavy atom. The van der Waals surface area contributed by atoms with Crippen LogP contribution in [0.3, 0.4) is 0 Å². The van der Waals surface area contributed by atoms with Crippen molar-refractivity contribution in [1.82, 2.24) is 10.9 Å². The van der Waals surface area contributed by atoms with Crippen LogP contribution in [0.25, 0.3) is 0 Å². The van der Waals surface area contributed by atoms with Gasteiger partial charge < -0.3 is 4.74 Å². The molecule has 1 atom stereocenters. The van der Waals surface area contributed by atoms with E-state index in [-0.39, 0.29) is 17.7 Å². The van der Waals surface area contributed by atoms with Gasteiger partial charge in [-0.05, 0) is 38.0 Å². The minimum absolute atomic E-state index is 0.0570. The number of benzene rings is 1. The highest BCUT2D eigenvalue weighted by Crippen LogP contribution is 2.28. The molecule has 6 heteroatoms. The van der Waals surface area contributed by atoms with Crippen LogP contribution in [0.15, 0.2) is 28.7 Å². The third-order valence-corrected chi connectivity index (χ3v) is 3.23. The molecule has 2 amide bonds. The van der Waals surface area contributed by atoms with Gasteiger partial charge in [0.2, 0.25) is 5.91 Å². The number of carbonyl (C=O) groups is 2. The number of hydrazine groups is 1. The Morgan fingerprint density at radius 3 is 2.74 bits per heavy atom. The molecule has 1 aromatic rings. The first-order valence-corrected chi connectivity index (χ1v) is 6.87. The second kappa shape index (κ2) is 6.06. The standard InChI is InChI=1S/C13H15BrN2O3/c1-8(19-11-4-2-3-10(14)7-11)12(17)15-16-13(18)9-5-6-9/h2-4,7-9H,5-6H2,1H3,(H,15,17)(H,16,18)/t8-/m1/s1. The van der Waals surface area contributed by atoms with Crippen molar-refractivity contribution in [3.8, 4) is 5.75 Å². The second-order valence-corrected chi connectivity index (χ2v) is 5.39. The lowest BCUT2D eigenvalue weighted by atomic mass is 10.3. The Labute approximate surface area is 119 Å². The zero-order chi connectivity index (χ0) is 13.8. The van der Waals surface area contributed by atoms with Crippen molar-refractivity contribution < 1.29 is 14.3 Å². The largest absolute Gasteiger partial charge is 0.481 e. The first-order valence-electron chi connectivity index (χ1n) is 6.08. The molecule has 102 valence electrons. The smallest absolute Gasteiger partial charge is 0.279 e. The summed E-state index contributed by atoms with van der Waals surface area (Å²) in [5, 5.41) is 0. The fourth-order valence-corrected chi connectivity index (χ4v) is 1.85. The highest BCUT2D eigenvalue weighted by molar-refractivity contribution is 9.10. The molecule has 0 unspecified atom stereocenters. The predicted molar refractivity (Wildman–Crippen MR) is 73.2 cm³/mol. The maximum absolute atomic E-state index is 11.7. The van der Waals surface area contributed by atoms with Crippen LogP contribution in [0.2, 0.25) is 0 Å². The average Bonchev–Trinajstić information content (AvgIpc) is 3.19. The monoisotopic (exact) mass is 326 g/mol. The topological polar surface area (TPSA) is 67.4 Å². The molecular weight excluding hydrogens is 312 g/mol. The van der Waals surface area contributed by atoms with Gasteiger partial charge in [0.15, 0.2) is 6.10 Å². The minimum atomic E-state index is -0.686. The molecule has 0 radical (unpaired) electrons. The molecule has 0 spiro atoms. The first-order chi connectivity index (χ1) is 9.06. The van der Waals surface area contributed by atoms with Crippen molar-refractivity contribution in [2.24, 2.45) is 5.92 Å². The quantitative estimate of drug-likeness (QED) is 0.829. The van der Waals surface area contributed by atoms with Crippen LogP contribution >= 0.6 is 15.9 Å². The number of hydrogen-bond acceptors (Lipinski definition) is 3. The lowest BCUT2D eigenvalue weighted by Crippen LogP contribution is -2.47. The fourth-order valence-electron chi connectivity index (χ4n) is 1.47. The summed E-state index contributed by atoms with van der Waals surface area (Å²) >= 11 is 3.32. The molecule has 19 heavy (non-hydrogen) atoms. The van der Waals surface area contributed by atoms with E-state index < -0.39 is 6.10 Å². The molecule has 0 bridgehead atoms. The molecule has 1 aliphatic carbocycles. The highest BCUT2D eigenvalue weighted by atomic mass is 79.9. The van der Waals surface area contributed by atoms with E-state index in [9.17, 15) is 9.59 Å². The van der Waals surface area contributed by atoms with Crippen molar-refractivity contribution in [2.75, 3.05) is 0 Å². The maximum atomic E-state index is 11.7. The molecule has 1 aliphatic rings. The maximum Gasteiger partial charge on any atom is 0.279 e. The van der Waals surface area contributed by atoms with Gasteiger partial charge in [0.05, 0.1) is 0 Å². The molecule has 2 N–H and O–H groups in total. The molecule has 0 saturated heterocycles. The van der Waals surface area contributed by atoms with E-state index in [0.717, 1.165) is 17.3 Å². The van der Waals surface area contributed by atoms with E-state index in [2.05, 4.69) is 26.8 Å². The number of carbonyl (C=O) groups excluding carboxylic acids is 2. The molecule has 1 fully saturated rings. The Balaban J connectivity index is 1.79. The fraction of sp³-hybridized carbons (Fsp3) is 0.385. The van der Waals surface area contributed by atoms with E-state index in [4.69, 9.17) is 4.74 Å².